The minimum Gasteiger partial charge on any atom is -1.00 e. The van der Waals surface area contributed by atoms with Gasteiger partial charge in [0.25, 0.3) is 0 Å². The molecular formula is C9H8AlLiN. The zero-order valence-electron chi connectivity index (χ0n) is 8.07. The molecule has 0 aliphatic rings. The third-order valence-corrected chi connectivity index (χ3v) is 1.51. The fraction of sp³-hybridized carbons (Fsp3) is 0. The van der Waals surface area contributed by atoms with Crippen LogP contribution in [0.25, 0.3) is 10.9 Å². The molecule has 0 saturated carbocycles. The van der Waals surface area contributed by atoms with E-state index in [0.29, 0.717) is 0 Å². The monoisotopic (exact) mass is 164 g/mol. The van der Waals surface area contributed by atoms with E-state index >= 15 is 0 Å². The fourth-order valence-electron chi connectivity index (χ4n) is 1.02. The van der Waals surface area contributed by atoms with E-state index < -0.39 is 0 Å². The molecule has 0 aliphatic heterocycles. The van der Waals surface area contributed by atoms with Gasteiger partial charge in [0.15, 0.2) is 0 Å². The van der Waals surface area contributed by atoms with Crippen LogP contribution in [0.3, 0.4) is 0 Å². The molecule has 53 valence electrons. The summed E-state index contributed by atoms with van der Waals surface area (Å²) in [5.74, 6) is 0. The van der Waals surface area contributed by atoms with Gasteiger partial charge in [0.05, 0.1) is 5.52 Å². The largest absolute Gasteiger partial charge is 1.00 e. The second-order valence-corrected chi connectivity index (χ2v) is 2.20. The molecule has 0 fully saturated rings. The average molecular weight is 164 g/mol. The van der Waals surface area contributed by atoms with Gasteiger partial charge in [-0.3, -0.25) is 4.98 Å². The van der Waals surface area contributed by atoms with Crippen molar-refractivity contribution in [3.05, 3.63) is 42.6 Å². The first-order chi connectivity index (χ1) is 4.97. The third kappa shape index (κ3) is 2.37. The Balaban J connectivity index is 0. The van der Waals surface area contributed by atoms with Crippen LogP contribution in [-0.4, -0.2) is 22.3 Å². The van der Waals surface area contributed by atoms with Gasteiger partial charge in [0.2, 0.25) is 0 Å². The predicted molar refractivity (Wildman–Crippen MR) is 48.6 cm³/mol. The van der Waals surface area contributed by atoms with Crippen LogP contribution in [0, 0.1) is 0 Å². The Morgan fingerprint density at radius 2 is 1.67 bits per heavy atom. The van der Waals surface area contributed by atoms with Gasteiger partial charge >= 0.3 is 18.9 Å². The molecule has 0 N–H and O–H groups in total. The molecule has 3 radical (unpaired) electrons. The maximum absolute atomic E-state index is 4.18. The molecule has 2 rings (SSSR count). The van der Waals surface area contributed by atoms with Crippen molar-refractivity contribution < 1.29 is 20.3 Å². The van der Waals surface area contributed by atoms with Crippen LogP contribution >= 0.6 is 0 Å². The molecule has 1 nitrogen and oxygen atoms in total. The summed E-state index contributed by atoms with van der Waals surface area (Å²) in [5, 5.41) is 1.20. The molecule has 0 aliphatic carbocycles. The van der Waals surface area contributed by atoms with E-state index in [1.54, 1.807) is 0 Å². The van der Waals surface area contributed by atoms with Crippen molar-refractivity contribution in [3.63, 3.8) is 0 Å². The zero-order chi connectivity index (χ0) is 6.81. The summed E-state index contributed by atoms with van der Waals surface area (Å²) in [5.41, 5.74) is 1.06. The summed E-state index contributed by atoms with van der Waals surface area (Å²) < 4.78 is 0. The topological polar surface area (TPSA) is 12.9 Å². The van der Waals surface area contributed by atoms with Gasteiger partial charge in [-0.05, 0) is 12.1 Å². The summed E-state index contributed by atoms with van der Waals surface area (Å²) in [4.78, 5) is 4.18. The van der Waals surface area contributed by atoms with Crippen LogP contribution in [0.4, 0.5) is 0 Å². The normalized spacial score (nSPS) is 8.33. The third-order valence-electron chi connectivity index (χ3n) is 1.51. The van der Waals surface area contributed by atoms with Gasteiger partial charge < -0.3 is 1.43 Å². The van der Waals surface area contributed by atoms with Gasteiger partial charge in [0, 0.05) is 28.9 Å². The molecule has 0 saturated heterocycles. The van der Waals surface area contributed by atoms with E-state index in [-0.39, 0.29) is 37.6 Å². The van der Waals surface area contributed by atoms with Gasteiger partial charge in [-0.15, -0.1) is 0 Å². The Labute approximate surface area is 96.0 Å². The van der Waals surface area contributed by atoms with E-state index in [1.807, 2.05) is 30.5 Å². The van der Waals surface area contributed by atoms with Crippen molar-refractivity contribution in [3.8, 4) is 0 Å². The molecule has 0 bridgehead atoms. The number of nitrogens with zero attached hydrogens (tertiary/aromatic N) is 1. The molecular weight excluding hydrogens is 156 g/mol. The van der Waals surface area contributed by atoms with Crippen molar-refractivity contribution in [2.75, 3.05) is 0 Å². The molecule has 1 aromatic heterocycles. The predicted octanol–water partition coefficient (Wildman–Crippen LogP) is -1.03. The molecule has 1 aromatic carbocycles. The summed E-state index contributed by atoms with van der Waals surface area (Å²) in [6.45, 7) is 0. The Morgan fingerprint density at radius 3 is 2.42 bits per heavy atom. The fourth-order valence-corrected chi connectivity index (χ4v) is 1.02. The van der Waals surface area contributed by atoms with E-state index in [4.69, 9.17) is 0 Å². The molecule has 0 atom stereocenters. The van der Waals surface area contributed by atoms with E-state index in [0.717, 1.165) is 5.52 Å². The zero-order valence-corrected chi connectivity index (χ0v) is 8.22. The second-order valence-electron chi connectivity index (χ2n) is 2.20. The second kappa shape index (κ2) is 5.41. The van der Waals surface area contributed by atoms with Crippen molar-refractivity contribution in [1.82, 2.24) is 4.98 Å². The Bertz CT molecular complexity index is 291. The van der Waals surface area contributed by atoms with Crippen LogP contribution in [-0.2, 0) is 0 Å². The number of pyridine rings is 1. The number of fused-ring (bicyclic) bond motifs is 1. The molecule has 0 amide bonds. The van der Waals surface area contributed by atoms with Crippen LogP contribution in [0.5, 0.6) is 0 Å². The van der Waals surface area contributed by atoms with E-state index in [9.17, 15) is 0 Å². The molecule has 12 heavy (non-hydrogen) atoms. The number of hydrogen-bond acceptors (Lipinski definition) is 1. The molecule has 2 aromatic rings. The van der Waals surface area contributed by atoms with Crippen molar-refractivity contribution >= 4 is 28.3 Å². The van der Waals surface area contributed by atoms with Crippen molar-refractivity contribution in [2.45, 2.75) is 0 Å². The van der Waals surface area contributed by atoms with Crippen LogP contribution < -0.4 is 18.9 Å². The first-order valence-electron chi connectivity index (χ1n) is 3.26. The van der Waals surface area contributed by atoms with Gasteiger partial charge in [-0.2, -0.15) is 0 Å². The number of rotatable bonds is 0. The summed E-state index contributed by atoms with van der Waals surface area (Å²) in [7, 11) is 0. The van der Waals surface area contributed by atoms with Crippen LogP contribution in [0.2, 0.25) is 0 Å². The van der Waals surface area contributed by atoms with Crippen molar-refractivity contribution in [1.29, 1.82) is 0 Å². The summed E-state index contributed by atoms with van der Waals surface area (Å²) in [6, 6.07) is 12.1. The van der Waals surface area contributed by atoms with E-state index in [1.165, 1.54) is 5.39 Å². The first kappa shape index (κ1) is 11.8. The average Bonchev–Trinajstić information content (AvgIpc) is 2.05. The Kier molecular flexibility index (Phi) is 5.31. The van der Waals surface area contributed by atoms with Gasteiger partial charge in [-0.1, -0.05) is 24.3 Å². The number of aromatic nitrogens is 1. The Morgan fingerprint density at radius 1 is 1.00 bits per heavy atom. The van der Waals surface area contributed by atoms with Crippen LogP contribution in [0.15, 0.2) is 42.6 Å². The minimum atomic E-state index is 0. The molecule has 3 heteroatoms. The summed E-state index contributed by atoms with van der Waals surface area (Å²) in [6.07, 6.45) is 1.81. The maximum atomic E-state index is 4.18. The molecule has 1 heterocycles. The maximum Gasteiger partial charge on any atom is 1.00 e. The smallest absolute Gasteiger partial charge is 1.00 e. The van der Waals surface area contributed by atoms with Gasteiger partial charge in [-0.25, -0.2) is 0 Å². The number of hydrogen-bond donors (Lipinski definition) is 0. The minimum absolute atomic E-state index is 0. The molecule has 0 spiro atoms. The number of benzene rings is 1. The van der Waals surface area contributed by atoms with Crippen molar-refractivity contribution in [2.24, 2.45) is 0 Å². The Hall–Kier alpha value is -0.240. The van der Waals surface area contributed by atoms with Gasteiger partial charge in [0.1, 0.15) is 0 Å². The standard InChI is InChI=1S/C9H7N.Al.Li.H/c1-2-6-9-8(4-1)5-3-7-10-9;;;/h1-7H;;;/q;;+1;-1. The number of para-hydroxylation sites is 1. The SMILES string of the molecule is [Al].[H-].[Li+].c1ccc2ncccc2c1. The molecule has 0 unspecified atom stereocenters. The first-order valence-corrected chi connectivity index (χ1v) is 3.26. The van der Waals surface area contributed by atoms with Crippen LogP contribution in [0.1, 0.15) is 1.43 Å². The quantitative estimate of drug-likeness (QED) is 0.454. The summed E-state index contributed by atoms with van der Waals surface area (Å²) >= 11 is 0. The van der Waals surface area contributed by atoms with E-state index in [2.05, 4.69) is 17.1 Å².